The Kier molecular flexibility index (Phi) is 4.43. The second-order valence-electron chi connectivity index (χ2n) is 5.14. The number of nitrogens with two attached hydrogens (primary N) is 1. The highest BCUT2D eigenvalue weighted by molar-refractivity contribution is 5.77. The normalized spacial score (nSPS) is 22.6. The number of carbonyl (C=O) groups is 1. The van der Waals surface area contributed by atoms with E-state index in [-0.39, 0.29) is 5.91 Å². The molecule has 0 radical (unpaired) electrons. The molecule has 1 fully saturated rings. The molecule has 0 saturated carbocycles. The highest BCUT2D eigenvalue weighted by atomic mass is 16.5. The summed E-state index contributed by atoms with van der Waals surface area (Å²) in [6.45, 7) is 3.33. The fourth-order valence-electron chi connectivity index (χ4n) is 2.76. The van der Waals surface area contributed by atoms with Gasteiger partial charge in [-0.25, -0.2) is 0 Å². The summed E-state index contributed by atoms with van der Waals surface area (Å²) >= 11 is 0. The maximum atomic E-state index is 12.0. The van der Waals surface area contributed by atoms with E-state index >= 15 is 0 Å². The van der Waals surface area contributed by atoms with Gasteiger partial charge in [-0.3, -0.25) is 4.79 Å². The lowest BCUT2D eigenvalue weighted by Gasteiger charge is -2.21. The van der Waals surface area contributed by atoms with Crippen molar-refractivity contribution in [2.75, 3.05) is 20.2 Å². The molecule has 1 aromatic rings. The number of benzene rings is 1. The molecule has 104 valence electrons. The predicted octanol–water partition coefficient (Wildman–Crippen LogP) is 1.75. The number of carbonyl (C=O) groups excluding carboxylic acids is 1. The van der Waals surface area contributed by atoms with Crippen LogP contribution in [0.15, 0.2) is 24.3 Å². The largest absolute Gasteiger partial charge is 0.497 e. The van der Waals surface area contributed by atoms with Gasteiger partial charge >= 0.3 is 0 Å². The molecule has 1 aromatic carbocycles. The van der Waals surface area contributed by atoms with Gasteiger partial charge in [0.2, 0.25) is 5.91 Å². The zero-order chi connectivity index (χ0) is 13.8. The SMILES string of the molecule is COc1ccc([C@@H]2C[C@H](C)N(C(=O)CCN)C2)cc1. The van der Waals surface area contributed by atoms with Crippen molar-refractivity contribution in [1.82, 2.24) is 4.90 Å². The van der Waals surface area contributed by atoms with Crippen LogP contribution in [0.4, 0.5) is 0 Å². The van der Waals surface area contributed by atoms with Crippen LogP contribution in [0.2, 0.25) is 0 Å². The number of methoxy groups -OCH3 is 1. The number of likely N-dealkylation sites (tertiary alicyclic amines) is 1. The number of rotatable bonds is 4. The smallest absolute Gasteiger partial charge is 0.224 e. The first-order valence-corrected chi connectivity index (χ1v) is 6.79. The molecule has 1 heterocycles. The molecule has 0 aliphatic carbocycles. The van der Waals surface area contributed by atoms with Crippen LogP contribution in [-0.4, -0.2) is 37.0 Å². The molecule has 2 atom stereocenters. The van der Waals surface area contributed by atoms with Crippen molar-refractivity contribution >= 4 is 5.91 Å². The topological polar surface area (TPSA) is 55.6 Å². The summed E-state index contributed by atoms with van der Waals surface area (Å²) in [6.07, 6.45) is 1.46. The maximum absolute atomic E-state index is 12.0. The van der Waals surface area contributed by atoms with Gasteiger partial charge in [0, 0.05) is 31.5 Å². The molecule has 1 saturated heterocycles. The van der Waals surface area contributed by atoms with Crippen LogP contribution >= 0.6 is 0 Å². The van der Waals surface area contributed by atoms with E-state index in [9.17, 15) is 4.79 Å². The van der Waals surface area contributed by atoms with Gasteiger partial charge in [0.1, 0.15) is 5.75 Å². The lowest BCUT2D eigenvalue weighted by molar-refractivity contribution is -0.131. The first kappa shape index (κ1) is 13.9. The van der Waals surface area contributed by atoms with E-state index in [1.54, 1.807) is 7.11 Å². The van der Waals surface area contributed by atoms with Gasteiger partial charge in [0.25, 0.3) is 0 Å². The molecule has 0 unspecified atom stereocenters. The van der Waals surface area contributed by atoms with E-state index in [0.29, 0.717) is 24.9 Å². The van der Waals surface area contributed by atoms with Gasteiger partial charge in [0.15, 0.2) is 0 Å². The van der Waals surface area contributed by atoms with Crippen LogP contribution in [0.5, 0.6) is 5.75 Å². The van der Waals surface area contributed by atoms with E-state index in [1.165, 1.54) is 5.56 Å². The highest BCUT2D eigenvalue weighted by Crippen LogP contribution is 2.32. The van der Waals surface area contributed by atoms with Crippen molar-refractivity contribution in [3.63, 3.8) is 0 Å². The quantitative estimate of drug-likeness (QED) is 0.899. The summed E-state index contributed by atoms with van der Waals surface area (Å²) in [5.41, 5.74) is 6.73. The average molecular weight is 262 g/mol. The molecule has 4 nitrogen and oxygen atoms in total. The fraction of sp³-hybridized carbons (Fsp3) is 0.533. The van der Waals surface area contributed by atoms with E-state index in [1.807, 2.05) is 17.0 Å². The van der Waals surface area contributed by atoms with Crippen LogP contribution in [0.1, 0.15) is 31.2 Å². The zero-order valence-corrected chi connectivity index (χ0v) is 11.6. The summed E-state index contributed by atoms with van der Waals surface area (Å²) in [5.74, 6) is 1.46. The molecule has 0 spiro atoms. The number of hydrogen-bond donors (Lipinski definition) is 1. The molecular formula is C15H22N2O2. The van der Waals surface area contributed by atoms with Crippen LogP contribution in [0.25, 0.3) is 0 Å². The second-order valence-corrected chi connectivity index (χ2v) is 5.14. The summed E-state index contributed by atoms with van der Waals surface area (Å²) in [5, 5.41) is 0. The molecule has 2 N–H and O–H groups in total. The van der Waals surface area contributed by atoms with E-state index in [4.69, 9.17) is 10.5 Å². The Balaban J connectivity index is 2.05. The van der Waals surface area contributed by atoms with Gasteiger partial charge in [-0.1, -0.05) is 12.1 Å². The molecule has 1 aliphatic rings. The van der Waals surface area contributed by atoms with Gasteiger partial charge < -0.3 is 15.4 Å². The van der Waals surface area contributed by atoms with Crippen LogP contribution in [0.3, 0.4) is 0 Å². The molecule has 2 rings (SSSR count). The molecule has 0 aromatic heterocycles. The number of amides is 1. The fourth-order valence-corrected chi connectivity index (χ4v) is 2.76. The van der Waals surface area contributed by atoms with Crippen molar-refractivity contribution in [2.45, 2.75) is 31.7 Å². The first-order valence-electron chi connectivity index (χ1n) is 6.79. The van der Waals surface area contributed by atoms with Crippen LogP contribution in [0, 0.1) is 0 Å². The highest BCUT2D eigenvalue weighted by Gasteiger charge is 2.32. The molecule has 1 amide bonds. The maximum Gasteiger partial charge on any atom is 0.224 e. The van der Waals surface area contributed by atoms with E-state index in [0.717, 1.165) is 18.7 Å². The molecule has 4 heteroatoms. The van der Waals surface area contributed by atoms with Crippen molar-refractivity contribution in [3.05, 3.63) is 29.8 Å². The molecular weight excluding hydrogens is 240 g/mol. The van der Waals surface area contributed by atoms with E-state index in [2.05, 4.69) is 19.1 Å². The standard InChI is InChI=1S/C15H22N2O2/c1-11-9-13(10-17(11)15(18)7-8-16)12-3-5-14(19-2)6-4-12/h3-6,11,13H,7-10,16H2,1-2H3/t11-,13+/m0/s1. The minimum absolute atomic E-state index is 0.172. The molecule has 19 heavy (non-hydrogen) atoms. The van der Waals surface area contributed by atoms with Crippen molar-refractivity contribution in [1.29, 1.82) is 0 Å². The van der Waals surface area contributed by atoms with Gasteiger partial charge in [-0.2, -0.15) is 0 Å². The zero-order valence-electron chi connectivity index (χ0n) is 11.6. The Labute approximate surface area is 114 Å². The van der Waals surface area contributed by atoms with Crippen molar-refractivity contribution in [2.24, 2.45) is 5.73 Å². The summed E-state index contributed by atoms with van der Waals surface area (Å²) in [4.78, 5) is 13.9. The van der Waals surface area contributed by atoms with Gasteiger partial charge in [-0.05, 0) is 31.0 Å². The van der Waals surface area contributed by atoms with Crippen molar-refractivity contribution in [3.8, 4) is 5.75 Å². The third kappa shape index (κ3) is 3.07. The Bertz CT molecular complexity index is 430. The van der Waals surface area contributed by atoms with E-state index < -0.39 is 0 Å². The Morgan fingerprint density at radius 1 is 1.42 bits per heavy atom. The van der Waals surface area contributed by atoms with Crippen LogP contribution in [-0.2, 0) is 4.79 Å². The number of hydrogen-bond acceptors (Lipinski definition) is 3. The Morgan fingerprint density at radius 3 is 2.68 bits per heavy atom. The van der Waals surface area contributed by atoms with Gasteiger partial charge in [0.05, 0.1) is 7.11 Å². The van der Waals surface area contributed by atoms with Crippen LogP contribution < -0.4 is 10.5 Å². The third-order valence-electron chi connectivity index (χ3n) is 3.84. The summed E-state index contributed by atoms with van der Waals surface area (Å²) in [7, 11) is 1.67. The minimum atomic E-state index is 0.172. The Hall–Kier alpha value is -1.55. The Morgan fingerprint density at radius 2 is 2.11 bits per heavy atom. The second kappa shape index (κ2) is 6.06. The van der Waals surface area contributed by atoms with Gasteiger partial charge in [-0.15, -0.1) is 0 Å². The summed E-state index contributed by atoms with van der Waals surface area (Å²) < 4.78 is 5.17. The monoisotopic (exact) mass is 262 g/mol. The minimum Gasteiger partial charge on any atom is -0.497 e. The lowest BCUT2D eigenvalue weighted by Crippen LogP contribution is -2.35. The third-order valence-corrected chi connectivity index (χ3v) is 3.84. The van der Waals surface area contributed by atoms with Crippen molar-refractivity contribution < 1.29 is 9.53 Å². The predicted molar refractivity (Wildman–Crippen MR) is 75.2 cm³/mol. The molecule has 1 aliphatic heterocycles. The lowest BCUT2D eigenvalue weighted by atomic mass is 9.97. The number of ether oxygens (including phenoxy) is 1. The first-order chi connectivity index (χ1) is 9.15. The molecule has 0 bridgehead atoms. The number of nitrogens with zero attached hydrogens (tertiary/aromatic N) is 1. The summed E-state index contributed by atoms with van der Waals surface area (Å²) in [6, 6.07) is 8.43. The average Bonchev–Trinajstić information content (AvgIpc) is 2.81.